The van der Waals surface area contributed by atoms with Crippen LogP contribution in [0.15, 0.2) is 76.5 Å². The van der Waals surface area contributed by atoms with Crippen molar-refractivity contribution in [3.63, 3.8) is 0 Å². The number of nitrogens with two attached hydrogens (primary N) is 1. The summed E-state index contributed by atoms with van der Waals surface area (Å²) < 4.78 is 34.9. The molecule has 0 atom stereocenters. The number of nitrogen functional groups attached to an aromatic ring is 1. The van der Waals surface area contributed by atoms with Crippen molar-refractivity contribution in [2.24, 2.45) is 0 Å². The molecule has 0 saturated carbocycles. The third-order valence-corrected chi connectivity index (χ3v) is 7.94. The molecule has 0 radical (unpaired) electrons. The van der Waals surface area contributed by atoms with Gasteiger partial charge in [-0.3, -0.25) is 0 Å². The van der Waals surface area contributed by atoms with Crippen molar-refractivity contribution in [3.8, 4) is 5.75 Å². The Morgan fingerprint density at radius 1 is 0.912 bits per heavy atom. The summed E-state index contributed by atoms with van der Waals surface area (Å²) in [7, 11) is -2.37. The summed E-state index contributed by atoms with van der Waals surface area (Å²) >= 11 is 0. The molecule has 3 aromatic carbocycles. The predicted octanol–water partition coefficient (Wildman–Crippen LogP) is 4.67. The summed E-state index contributed by atoms with van der Waals surface area (Å²) in [4.78, 5) is 9.61. The largest absolute Gasteiger partial charge is 0.496 e. The monoisotopic (exact) mass is 472 g/mol. The summed E-state index contributed by atoms with van der Waals surface area (Å²) in [5, 5.41) is 0. The van der Waals surface area contributed by atoms with Gasteiger partial charge in [0.1, 0.15) is 22.0 Å². The van der Waals surface area contributed by atoms with Crippen LogP contribution in [0.5, 0.6) is 5.75 Å². The van der Waals surface area contributed by atoms with E-state index in [1.807, 2.05) is 62.4 Å². The van der Waals surface area contributed by atoms with E-state index in [-0.39, 0.29) is 27.7 Å². The molecule has 0 spiro atoms. The molecule has 5 aromatic rings. The van der Waals surface area contributed by atoms with Gasteiger partial charge in [0.2, 0.25) is 9.84 Å². The molecule has 0 aliphatic carbocycles. The molecule has 172 valence electrons. The standard InChI is InChI=1S/C26H24N4O3S/c1-16-12-13-19(14-17(16)2)34(31,32)24-23-26(29-21-10-6-5-9-20(21)28-23)30(25(24)27)15-18-8-4-7-11-22(18)33-3/h4-14H,15,27H2,1-3H3. The van der Waals surface area contributed by atoms with Crippen LogP contribution in [0, 0.1) is 13.8 Å². The minimum atomic E-state index is -3.97. The van der Waals surface area contributed by atoms with Crippen LogP contribution in [-0.2, 0) is 16.4 Å². The molecule has 2 heterocycles. The maximum absolute atomic E-state index is 13.9. The Kier molecular flexibility index (Phi) is 5.25. The van der Waals surface area contributed by atoms with E-state index in [9.17, 15) is 8.42 Å². The maximum Gasteiger partial charge on any atom is 0.212 e. The van der Waals surface area contributed by atoms with E-state index < -0.39 is 9.84 Å². The Hall–Kier alpha value is -3.91. The zero-order valence-electron chi connectivity index (χ0n) is 19.1. The first-order chi connectivity index (χ1) is 16.3. The second-order valence-corrected chi connectivity index (χ2v) is 10.1. The van der Waals surface area contributed by atoms with Gasteiger partial charge in [-0.05, 0) is 55.3 Å². The van der Waals surface area contributed by atoms with Crippen molar-refractivity contribution in [1.82, 2.24) is 14.5 Å². The second kappa shape index (κ2) is 8.14. The van der Waals surface area contributed by atoms with Gasteiger partial charge in [-0.15, -0.1) is 0 Å². The number of hydrogen-bond acceptors (Lipinski definition) is 6. The Morgan fingerprint density at radius 2 is 1.59 bits per heavy atom. The highest BCUT2D eigenvalue weighted by molar-refractivity contribution is 7.92. The number of ether oxygens (including phenoxy) is 1. The van der Waals surface area contributed by atoms with Gasteiger partial charge in [0, 0.05) is 5.56 Å². The molecule has 2 aromatic heterocycles. The fourth-order valence-corrected chi connectivity index (χ4v) is 5.71. The highest BCUT2D eigenvalue weighted by Gasteiger charge is 2.30. The molecule has 0 aliphatic rings. The first-order valence-corrected chi connectivity index (χ1v) is 12.3. The minimum absolute atomic E-state index is 0.0288. The lowest BCUT2D eigenvalue weighted by molar-refractivity contribution is 0.408. The predicted molar refractivity (Wildman–Crippen MR) is 133 cm³/mol. The van der Waals surface area contributed by atoms with Crippen LogP contribution in [0.3, 0.4) is 0 Å². The zero-order chi connectivity index (χ0) is 24.0. The van der Waals surface area contributed by atoms with Gasteiger partial charge in [0.15, 0.2) is 5.65 Å². The van der Waals surface area contributed by atoms with E-state index in [1.165, 1.54) is 0 Å². The number of hydrogen-bond donors (Lipinski definition) is 1. The van der Waals surface area contributed by atoms with Crippen molar-refractivity contribution < 1.29 is 13.2 Å². The molecular formula is C26H24N4O3S. The third kappa shape index (κ3) is 3.47. The van der Waals surface area contributed by atoms with E-state index >= 15 is 0 Å². The van der Waals surface area contributed by atoms with Gasteiger partial charge in [0.25, 0.3) is 0 Å². The molecule has 0 aliphatic heterocycles. The Labute approximate surface area is 197 Å². The lowest BCUT2D eigenvalue weighted by Crippen LogP contribution is -2.09. The number of para-hydroxylation sites is 3. The molecule has 7 nitrogen and oxygen atoms in total. The molecular weight excluding hydrogens is 448 g/mol. The Morgan fingerprint density at radius 3 is 2.29 bits per heavy atom. The van der Waals surface area contributed by atoms with Crippen molar-refractivity contribution >= 4 is 37.9 Å². The average molecular weight is 473 g/mol. The third-order valence-electron chi connectivity index (χ3n) is 6.12. The summed E-state index contributed by atoms with van der Waals surface area (Å²) in [6.45, 7) is 4.11. The number of aromatic nitrogens is 3. The van der Waals surface area contributed by atoms with Gasteiger partial charge >= 0.3 is 0 Å². The van der Waals surface area contributed by atoms with Gasteiger partial charge in [-0.1, -0.05) is 36.4 Å². The molecule has 8 heteroatoms. The molecule has 2 N–H and O–H groups in total. The molecule has 5 rings (SSSR count). The molecule has 0 amide bonds. The first-order valence-electron chi connectivity index (χ1n) is 10.8. The fraction of sp³-hybridized carbons (Fsp3) is 0.154. The van der Waals surface area contributed by atoms with Crippen LogP contribution >= 0.6 is 0 Å². The quantitative estimate of drug-likeness (QED) is 0.399. The zero-order valence-corrected chi connectivity index (χ0v) is 19.9. The normalized spacial score (nSPS) is 11.9. The molecule has 0 bridgehead atoms. The highest BCUT2D eigenvalue weighted by Crippen LogP contribution is 2.36. The van der Waals surface area contributed by atoms with Crippen molar-refractivity contribution in [2.45, 2.75) is 30.2 Å². The molecule has 0 unspecified atom stereocenters. The Balaban J connectivity index is 1.82. The summed E-state index contributed by atoms with van der Waals surface area (Å²) in [6.07, 6.45) is 0. The Bertz CT molecular complexity index is 1670. The van der Waals surface area contributed by atoms with Crippen LogP contribution < -0.4 is 10.5 Å². The van der Waals surface area contributed by atoms with E-state index in [1.54, 1.807) is 29.9 Å². The number of methoxy groups -OCH3 is 1. The van der Waals surface area contributed by atoms with Crippen molar-refractivity contribution in [1.29, 1.82) is 0 Å². The first kappa shape index (κ1) is 21.9. The summed E-state index contributed by atoms with van der Waals surface area (Å²) in [5.74, 6) is 0.769. The molecule has 0 fully saturated rings. The topological polar surface area (TPSA) is 100 Å². The van der Waals surface area contributed by atoms with Crippen LogP contribution in [0.25, 0.3) is 22.2 Å². The number of benzene rings is 3. The maximum atomic E-state index is 13.9. The van der Waals surface area contributed by atoms with E-state index in [2.05, 4.69) is 0 Å². The van der Waals surface area contributed by atoms with Gasteiger partial charge in [-0.2, -0.15) is 0 Å². The second-order valence-electron chi connectivity index (χ2n) is 8.25. The lowest BCUT2D eigenvalue weighted by Gasteiger charge is -2.12. The lowest BCUT2D eigenvalue weighted by atomic mass is 10.1. The molecule has 34 heavy (non-hydrogen) atoms. The molecule has 0 saturated heterocycles. The number of fused-ring (bicyclic) bond motifs is 2. The fourth-order valence-electron chi connectivity index (χ4n) is 4.12. The number of sulfone groups is 1. The SMILES string of the molecule is COc1ccccc1Cn1c(N)c(S(=O)(=O)c2ccc(C)c(C)c2)c2nc3ccccc3nc21. The van der Waals surface area contributed by atoms with E-state index in [0.29, 0.717) is 22.4 Å². The highest BCUT2D eigenvalue weighted by atomic mass is 32.2. The van der Waals surface area contributed by atoms with Crippen LogP contribution in [0.4, 0.5) is 5.82 Å². The number of rotatable bonds is 5. The minimum Gasteiger partial charge on any atom is -0.496 e. The van der Waals surface area contributed by atoms with Crippen molar-refractivity contribution in [3.05, 3.63) is 83.4 Å². The summed E-state index contributed by atoms with van der Waals surface area (Å²) in [5.41, 5.74) is 11.2. The average Bonchev–Trinajstić information content (AvgIpc) is 3.10. The van der Waals surface area contributed by atoms with Gasteiger partial charge < -0.3 is 15.0 Å². The number of aryl methyl sites for hydroxylation is 2. The van der Waals surface area contributed by atoms with E-state index in [4.69, 9.17) is 20.4 Å². The van der Waals surface area contributed by atoms with Crippen LogP contribution in [-0.4, -0.2) is 30.1 Å². The van der Waals surface area contributed by atoms with E-state index in [0.717, 1.165) is 16.7 Å². The van der Waals surface area contributed by atoms with Gasteiger partial charge in [-0.25, -0.2) is 18.4 Å². The smallest absolute Gasteiger partial charge is 0.212 e. The van der Waals surface area contributed by atoms with Crippen LogP contribution in [0.1, 0.15) is 16.7 Å². The summed E-state index contributed by atoms with van der Waals surface area (Å²) in [6, 6.07) is 20.0. The van der Waals surface area contributed by atoms with Crippen LogP contribution in [0.2, 0.25) is 0 Å². The number of nitrogens with zero attached hydrogens (tertiary/aromatic N) is 3. The van der Waals surface area contributed by atoms with Crippen molar-refractivity contribution in [2.75, 3.05) is 12.8 Å². The van der Waals surface area contributed by atoms with Gasteiger partial charge in [0.05, 0.1) is 29.6 Å². The number of anilines is 1.